The van der Waals surface area contributed by atoms with E-state index in [0.717, 1.165) is 17.0 Å². The molecule has 126 valence electrons. The van der Waals surface area contributed by atoms with Crippen LogP contribution in [0.2, 0.25) is 0 Å². The van der Waals surface area contributed by atoms with E-state index in [0.29, 0.717) is 6.61 Å². The SMILES string of the molecule is Cc1ccc(COc2ccc(C=Nc3ccc(C)cc3C)cc2)cc1. The van der Waals surface area contributed by atoms with Gasteiger partial charge in [-0.2, -0.15) is 0 Å². The molecule has 3 rings (SSSR count). The van der Waals surface area contributed by atoms with Gasteiger partial charge in [-0.15, -0.1) is 0 Å². The largest absolute Gasteiger partial charge is 0.489 e. The van der Waals surface area contributed by atoms with Crippen LogP contribution in [0, 0.1) is 20.8 Å². The van der Waals surface area contributed by atoms with Crippen LogP contribution in [0.1, 0.15) is 27.8 Å². The summed E-state index contributed by atoms with van der Waals surface area (Å²) < 4.78 is 5.84. The Morgan fingerprint density at radius 3 is 2.16 bits per heavy atom. The van der Waals surface area contributed by atoms with Gasteiger partial charge in [-0.05, 0) is 67.8 Å². The predicted molar refractivity (Wildman–Crippen MR) is 105 cm³/mol. The Bertz CT molecular complexity index is 862. The van der Waals surface area contributed by atoms with Crippen LogP contribution in [0.5, 0.6) is 5.75 Å². The molecule has 0 atom stereocenters. The Morgan fingerprint density at radius 2 is 1.48 bits per heavy atom. The molecule has 2 nitrogen and oxygen atoms in total. The lowest BCUT2D eigenvalue weighted by Gasteiger charge is -2.07. The molecule has 0 radical (unpaired) electrons. The van der Waals surface area contributed by atoms with Crippen molar-refractivity contribution in [2.45, 2.75) is 27.4 Å². The van der Waals surface area contributed by atoms with Crippen molar-refractivity contribution in [3.8, 4) is 5.75 Å². The van der Waals surface area contributed by atoms with Crippen LogP contribution in [0.15, 0.2) is 71.7 Å². The van der Waals surface area contributed by atoms with Crippen LogP contribution < -0.4 is 4.74 Å². The van der Waals surface area contributed by atoms with Crippen molar-refractivity contribution in [3.63, 3.8) is 0 Å². The van der Waals surface area contributed by atoms with E-state index < -0.39 is 0 Å². The third kappa shape index (κ3) is 4.80. The minimum atomic E-state index is 0.580. The third-order valence-electron chi connectivity index (χ3n) is 4.11. The number of benzene rings is 3. The predicted octanol–water partition coefficient (Wildman–Crippen LogP) is 5.94. The molecular formula is C23H23NO. The second-order valence-electron chi connectivity index (χ2n) is 6.39. The zero-order chi connectivity index (χ0) is 17.6. The molecule has 3 aromatic rings. The lowest BCUT2D eigenvalue weighted by Crippen LogP contribution is -1.95. The smallest absolute Gasteiger partial charge is 0.119 e. The molecule has 0 bridgehead atoms. The number of aliphatic imine (C=N–C) groups is 1. The van der Waals surface area contributed by atoms with E-state index >= 15 is 0 Å². The molecule has 0 aliphatic carbocycles. The van der Waals surface area contributed by atoms with Crippen molar-refractivity contribution < 1.29 is 4.74 Å². The van der Waals surface area contributed by atoms with E-state index in [-0.39, 0.29) is 0 Å². The molecule has 0 aromatic heterocycles. The first-order valence-corrected chi connectivity index (χ1v) is 8.50. The normalized spacial score (nSPS) is 11.0. The fourth-order valence-corrected chi connectivity index (χ4v) is 2.60. The molecule has 0 heterocycles. The van der Waals surface area contributed by atoms with Crippen LogP contribution in [0.3, 0.4) is 0 Å². The first-order chi connectivity index (χ1) is 12.1. The van der Waals surface area contributed by atoms with Crippen LogP contribution >= 0.6 is 0 Å². The van der Waals surface area contributed by atoms with E-state index in [4.69, 9.17) is 4.74 Å². The van der Waals surface area contributed by atoms with Crippen molar-refractivity contribution in [2.75, 3.05) is 0 Å². The average Bonchev–Trinajstić information content (AvgIpc) is 2.61. The maximum atomic E-state index is 5.84. The third-order valence-corrected chi connectivity index (χ3v) is 4.11. The summed E-state index contributed by atoms with van der Waals surface area (Å²) in [6.45, 7) is 6.84. The summed E-state index contributed by atoms with van der Waals surface area (Å²) in [5, 5.41) is 0. The van der Waals surface area contributed by atoms with Crippen molar-refractivity contribution in [1.29, 1.82) is 0 Å². The van der Waals surface area contributed by atoms with E-state index in [2.05, 4.69) is 68.2 Å². The maximum absolute atomic E-state index is 5.84. The molecule has 0 amide bonds. The number of hydrogen-bond acceptors (Lipinski definition) is 2. The summed E-state index contributed by atoms with van der Waals surface area (Å²) in [6.07, 6.45) is 1.89. The van der Waals surface area contributed by atoms with Gasteiger partial charge in [0.15, 0.2) is 0 Å². The number of ether oxygens (including phenoxy) is 1. The van der Waals surface area contributed by atoms with Crippen molar-refractivity contribution in [2.24, 2.45) is 4.99 Å². The Kier molecular flexibility index (Phi) is 5.30. The van der Waals surface area contributed by atoms with Gasteiger partial charge >= 0.3 is 0 Å². The number of hydrogen-bond donors (Lipinski definition) is 0. The Hall–Kier alpha value is -2.87. The Balaban J connectivity index is 1.61. The minimum absolute atomic E-state index is 0.580. The van der Waals surface area contributed by atoms with Crippen LogP contribution in [0.4, 0.5) is 5.69 Å². The van der Waals surface area contributed by atoms with Gasteiger partial charge in [0.1, 0.15) is 12.4 Å². The van der Waals surface area contributed by atoms with Crippen LogP contribution in [-0.2, 0) is 6.61 Å². The van der Waals surface area contributed by atoms with Crippen LogP contribution in [0.25, 0.3) is 0 Å². The highest BCUT2D eigenvalue weighted by molar-refractivity contribution is 5.82. The van der Waals surface area contributed by atoms with Gasteiger partial charge in [-0.1, -0.05) is 47.5 Å². The van der Waals surface area contributed by atoms with Gasteiger partial charge in [0.2, 0.25) is 0 Å². The number of rotatable bonds is 5. The standard InChI is InChI=1S/C23H23NO/c1-17-4-7-21(8-5-17)16-25-22-11-9-20(10-12-22)15-24-23-13-6-18(2)14-19(23)3/h4-15H,16H2,1-3H3. The second kappa shape index (κ2) is 7.80. The lowest BCUT2D eigenvalue weighted by atomic mass is 10.1. The summed E-state index contributed by atoms with van der Waals surface area (Å²) >= 11 is 0. The van der Waals surface area contributed by atoms with E-state index in [1.165, 1.54) is 22.3 Å². The van der Waals surface area contributed by atoms with Crippen molar-refractivity contribution in [3.05, 3.63) is 94.5 Å². The second-order valence-corrected chi connectivity index (χ2v) is 6.39. The first kappa shape index (κ1) is 17.0. The topological polar surface area (TPSA) is 21.6 Å². The molecule has 0 N–H and O–H groups in total. The fourth-order valence-electron chi connectivity index (χ4n) is 2.60. The number of nitrogens with zero attached hydrogens (tertiary/aromatic N) is 1. The highest BCUT2D eigenvalue weighted by atomic mass is 16.5. The molecule has 0 saturated heterocycles. The molecule has 0 aliphatic heterocycles. The van der Waals surface area contributed by atoms with E-state index in [9.17, 15) is 0 Å². The van der Waals surface area contributed by atoms with Gasteiger partial charge in [0, 0.05) is 6.21 Å². The van der Waals surface area contributed by atoms with Gasteiger partial charge < -0.3 is 4.74 Å². The molecule has 0 fully saturated rings. The Labute approximate surface area is 149 Å². The first-order valence-electron chi connectivity index (χ1n) is 8.50. The molecule has 3 aromatic carbocycles. The molecule has 0 saturated carbocycles. The van der Waals surface area contributed by atoms with E-state index in [1.807, 2.05) is 30.5 Å². The molecular weight excluding hydrogens is 306 g/mol. The van der Waals surface area contributed by atoms with Gasteiger partial charge in [0.05, 0.1) is 5.69 Å². The van der Waals surface area contributed by atoms with E-state index in [1.54, 1.807) is 0 Å². The zero-order valence-corrected chi connectivity index (χ0v) is 15.0. The highest BCUT2D eigenvalue weighted by Crippen LogP contribution is 2.20. The van der Waals surface area contributed by atoms with Gasteiger partial charge in [-0.25, -0.2) is 0 Å². The highest BCUT2D eigenvalue weighted by Gasteiger charge is 1.98. The summed E-state index contributed by atoms with van der Waals surface area (Å²) in [5.41, 5.74) is 6.94. The van der Waals surface area contributed by atoms with Gasteiger partial charge in [-0.3, -0.25) is 4.99 Å². The minimum Gasteiger partial charge on any atom is -0.489 e. The quantitative estimate of drug-likeness (QED) is 0.531. The molecule has 0 aliphatic rings. The van der Waals surface area contributed by atoms with Gasteiger partial charge in [0.25, 0.3) is 0 Å². The monoisotopic (exact) mass is 329 g/mol. The molecule has 0 unspecified atom stereocenters. The van der Waals surface area contributed by atoms with Crippen molar-refractivity contribution >= 4 is 11.9 Å². The average molecular weight is 329 g/mol. The lowest BCUT2D eigenvalue weighted by molar-refractivity contribution is 0.306. The molecule has 0 spiro atoms. The maximum Gasteiger partial charge on any atom is 0.119 e. The summed E-state index contributed by atoms with van der Waals surface area (Å²) in [7, 11) is 0. The fraction of sp³-hybridized carbons (Fsp3) is 0.174. The summed E-state index contributed by atoms with van der Waals surface area (Å²) in [6, 6.07) is 22.7. The summed E-state index contributed by atoms with van der Waals surface area (Å²) in [4.78, 5) is 4.58. The Morgan fingerprint density at radius 1 is 0.800 bits per heavy atom. The summed E-state index contributed by atoms with van der Waals surface area (Å²) in [5.74, 6) is 0.865. The zero-order valence-electron chi connectivity index (χ0n) is 15.0. The number of aryl methyl sites for hydroxylation is 3. The molecule has 2 heteroatoms. The van der Waals surface area contributed by atoms with Crippen molar-refractivity contribution in [1.82, 2.24) is 0 Å². The van der Waals surface area contributed by atoms with Crippen LogP contribution in [-0.4, -0.2) is 6.21 Å². The molecule has 25 heavy (non-hydrogen) atoms.